The van der Waals surface area contributed by atoms with Crippen LogP contribution < -0.4 is 4.74 Å². The lowest BCUT2D eigenvalue weighted by atomic mass is 10.0. The van der Waals surface area contributed by atoms with Crippen molar-refractivity contribution in [2.75, 3.05) is 13.2 Å². The third-order valence-electron chi connectivity index (χ3n) is 5.34. The molecule has 0 bridgehead atoms. The number of rotatable bonds is 6. The number of hydrogen-bond donors (Lipinski definition) is 0. The van der Waals surface area contributed by atoms with Crippen LogP contribution in [-0.4, -0.2) is 24.0 Å². The van der Waals surface area contributed by atoms with E-state index in [1.165, 1.54) is 0 Å². The van der Waals surface area contributed by atoms with Gasteiger partial charge in [0.25, 0.3) is 0 Å². The first kappa shape index (κ1) is 19.2. The fourth-order valence-corrected chi connectivity index (χ4v) is 3.59. The van der Waals surface area contributed by atoms with E-state index in [4.69, 9.17) is 9.47 Å². The van der Waals surface area contributed by atoms with E-state index < -0.39 is 0 Å². The topological polar surface area (TPSA) is 38.8 Å². The van der Waals surface area contributed by atoms with Crippen LogP contribution in [0.15, 0.2) is 84.9 Å². The lowest BCUT2D eigenvalue weighted by Gasteiger charge is -2.37. The fourth-order valence-electron chi connectivity index (χ4n) is 3.59. The zero-order valence-corrected chi connectivity index (χ0v) is 16.5. The van der Waals surface area contributed by atoms with E-state index in [1.54, 1.807) is 0 Å². The van der Waals surface area contributed by atoms with Crippen LogP contribution in [0.1, 0.15) is 35.8 Å². The molecule has 0 saturated carbocycles. The zero-order valence-electron chi connectivity index (χ0n) is 16.5. The summed E-state index contributed by atoms with van der Waals surface area (Å²) in [4.78, 5) is 14.3. The highest BCUT2D eigenvalue weighted by molar-refractivity contribution is 5.78. The van der Waals surface area contributed by atoms with E-state index in [2.05, 4.69) is 19.1 Å². The zero-order chi connectivity index (χ0) is 20.1. The van der Waals surface area contributed by atoms with E-state index in [0.717, 1.165) is 22.4 Å². The maximum Gasteiger partial charge on any atom is 0.249 e. The van der Waals surface area contributed by atoms with Crippen LogP contribution in [0.25, 0.3) is 0 Å². The van der Waals surface area contributed by atoms with Gasteiger partial charge in [0.05, 0.1) is 12.6 Å². The average molecular weight is 387 g/mol. The summed E-state index contributed by atoms with van der Waals surface area (Å²) in [5.74, 6) is 0.847. The van der Waals surface area contributed by atoms with Crippen molar-refractivity contribution >= 4 is 5.91 Å². The summed E-state index contributed by atoms with van der Waals surface area (Å²) < 4.78 is 11.7. The second-order valence-corrected chi connectivity index (χ2v) is 7.28. The minimum Gasteiger partial charge on any atom is -0.489 e. The molecule has 29 heavy (non-hydrogen) atoms. The summed E-state index contributed by atoms with van der Waals surface area (Å²) in [6.07, 6.45) is -0.137. The molecule has 0 spiro atoms. The smallest absolute Gasteiger partial charge is 0.249 e. The van der Waals surface area contributed by atoms with E-state index in [9.17, 15) is 4.79 Å². The number of amides is 1. The van der Waals surface area contributed by atoms with Crippen molar-refractivity contribution in [3.05, 3.63) is 102 Å². The third-order valence-corrected chi connectivity index (χ3v) is 5.34. The Morgan fingerprint density at radius 1 is 0.966 bits per heavy atom. The number of carbonyl (C=O) groups is 1. The van der Waals surface area contributed by atoms with E-state index in [-0.39, 0.29) is 24.7 Å². The average Bonchev–Trinajstić information content (AvgIpc) is 2.79. The van der Waals surface area contributed by atoms with Crippen molar-refractivity contribution in [1.82, 2.24) is 4.90 Å². The molecule has 0 N–H and O–H groups in total. The standard InChI is InChI=1S/C25H25NO3/c1-19(21-10-6-3-7-11-21)26-16-24(29-18-25(26)27)22-12-14-23(15-13-22)28-17-20-8-4-2-5-9-20/h2-15,19,24H,16-18H2,1H3/t19-,24-/m1/s1. The number of nitrogens with zero attached hydrogens (tertiary/aromatic N) is 1. The van der Waals surface area contributed by atoms with Gasteiger partial charge in [-0.1, -0.05) is 72.8 Å². The highest BCUT2D eigenvalue weighted by atomic mass is 16.5. The van der Waals surface area contributed by atoms with Crippen molar-refractivity contribution in [2.45, 2.75) is 25.7 Å². The van der Waals surface area contributed by atoms with Crippen LogP contribution in [0.5, 0.6) is 5.75 Å². The molecule has 0 aromatic heterocycles. The number of ether oxygens (including phenoxy) is 2. The maximum atomic E-state index is 12.4. The van der Waals surface area contributed by atoms with Gasteiger partial charge in [0.2, 0.25) is 5.91 Å². The van der Waals surface area contributed by atoms with Crippen molar-refractivity contribution in [1.29, 1.82) is 0 Å². The largest absolute Gasteiger partial charge is 0.489 e. The minimum absolute atomic E-state index is 0.0172. The Morgan fingerprint density at radius 3 is 2.31 bits per heavy atom. The first-order valence-corrected chi connectivity index (χ1v) is 9.93. The first-order valence-electron chi connectivity index (χ1n) is 9.93. The van der Waals surface area contributed by atoms with Crippen LogP contribution in [0.2, 0.25) is 0 Å². The number of benzene rings is 3. The predicted molar refractivity (Wildman–Crippen MR) is 112 cm³/mol. The normalized spacial score (nSPS) is 17.8. The molecular weight excluding hydrogens is 362 g/mol. The van der Waals surface area contributed by atoms with Crippen molar-refractivity contribution in [3.8, 4) is 5.75 Å². The summed E-state index contributed by atoms with van der Waals surface area (Å²) in [6.45, 7) is 3.25. The van der Waals surface area contributed by atoms with Crippen LogP contribution in [0, 0.1) is 0 Å². The van der Waals surface area contributed by atoms with E-state index in [1.807, 2.05) is 77.7 Å². The van der Waals surface area contributed by atoms with Gasteiger partial charge < -0.3 is 14.4 Å². The molecule has 4 nitrogen and oxygen atoms in total. The molecule has 4 heteroatoms. The van der Waals surface area contributed by atoms with Gasteiger partial charge in [-0.3, -0.25) is 4.79 Å². The SMILES string of the molecule is C[C@H](c1ccccc1)N1C[C@H](c2ccc(OCc3ccccc3)cc2)OCC1=O. The van der Waals surface area contributed by atoms with Gasteiger partial charge in [0, 0.05) is 0 Å². The van der Waals surface area contributed by atoms with Crippen LogP contribution in [0.3, 0.4) is 0 Å². The summed E-state index contributed by atoms with van der Waals surface area (Å²) >= 11 is 0. The summed E-state index contributed by atoms with van der Waals surface area (Å²) in [5.41, 5.74) is 3.32. The molecule has 0 aliphatic carbocycles. The summed E-state index contributed by atoms with van der Waals surface area (Å²) in [5, 5.41) is 0. The van der Waals surface area contributed by atoms with Gasteiger partial charge >= 0.3 is 0 Å². The molecule has 3 aromatic carbocycles. The molecule has 3 aromatic rings. The maximum absolute atomic E-state index is 12.4. The van der Waals surface area contributed by atoms with Crippen molar-refractivity contribution in [2.24, 2.45) is 0 Å². The fraction of sp³-hybridized carbons (Fsp3) is 0.240. The van der Waals surface area contributed by atoms with Gasteiger partial charge in [-0.25, -0.2) is 0 Å². The molecular formula is C25H25NO3. The van der Waals surface area contributed by atoms with Gasteiger partial charge in [0.15, 0.2) is 0 Å². The Balaban J connectivity index is 1.41. The number of hydrogen-bond acceptors (Lipinski definition) is 3. The Kier molecular flexibility index (Phi) is 5.92. The van der Waals surface area contributed by atoms with Gasteiger partial charge in [-0.05, 0) is 35.7 Å². The Bertz CT molecular complexity index is 925. The lowest BCUT2D eigenvalue weighted by Crippen LogP contribution is -2.44. The van der Waals surface area contributed by atoms with E-state index in [0.29, 0.717) is 13.2 Å². The lowest BCUT2D eigenvalue weighted by molar-refractivity contribution is -0.152. The Labute approximate surface area is 171 Å². The van der Waals surface area contributed by atoms with Gasteiger partial charge in [-0.2, -0.15) is 0 Å². The van der Waals surface area contributed by atoms with Gasteiger partial charge in [-0.15, -0.1) is 0 Å². The van der Waals surface area contributed by atoms with Crippen molar-refractivity contribution in [3.63, 3.8) is 0 Å². The molecule has 2 atom stereocenters. The molecule has 1 aliphatic heterocycles. The summed E-state index contributed by atoms with van der Waals surface area (Å²) in [7, 11) is 0. The molecule has 148 valence electrons. The molecule has 0 unspecified atom stereocenters. The quantitative estimate of drug-likeness (QED) is 0.602. The minimum atomic E-state index is -0.137. The first-order chi connectivity index (χ1) is 14.2. The second kappa shape index (κ2) is 8.93. The number of carbonyl (C=O) groups excluding carboxylic acids is 1. The Hall–Kier alpha value is -3.11. The molecule has 1 saturated heterocycles. The van der Waals surface area contributed by atoms with Crippen LogP contribution in [0.4, 0.5) is 0 Å². The monoisotopic (exact) mass is 387 g/mol. The summed E-state index contributed by atoms with van der Waals surface area (Å²) in [6, 6.07) is 28.2. The molecule has 4 rings (SSSR count). The molecule has 1 heterocycles. The van der Waals surface area contributed by atoms with Crippen LogP contribution >= 0.6 is 0 Å². The molecule has 1 aliphatic rings. The van der Waals surface area contributed by atoms with Crippen LogP contribution in [-0.2, 0) is 16.1 Å². The molecule has 1 amide bonds. The third kappa shape index (κ3) is 4.66. The Morgan fingerprint density at radius 2 is 1.62 bits per heavy atom. The second-order valence-electron chi connectivity index (χ2n) is 7.28. The highest BCUT2D eigenvalue weighted by Crippen LogP contribution is 2.30. The van der Waals surface area contributed by atoms with Crippen molar-refractivity contribution < 1.29 is 14.3 Å². The predicted octanol–water partition coefficient (Wildman–Crippen LogP) is 4.93. The number of morpholine rings is 1. The molecule has 1 fully saturated rings. The van der Waals surface area contributed by atoms with E-state index >= 15 is 0 Å². The highest BCUT2D eigenvalue weighted by Gasteiger charge is 2.31. The van der Waals surface area contributed by atoms with Gasteiger partial charge in [0.1, 0.15) is 25.1 Å². The molecule has 0 radical (unpaired) electrons.